The average Bonchev–Trinajstić information content (AvgIpc) is 2.81. The molecule has 5 nitrogen and oxygen atoms in total. The van der Waals surface area contributed by atoms with Gasteiger partial charge >= 0.3 is 0 Å². The van der Waals surface area contributed by atoms with Crippen LogP contribution < -0.4 is 5.32 Å². The van der Waals surface area contributed by atoms with Gasteiger partial charge in [0.1, 0.15) is 11.6 Å². The summed E-state index contributed by atoms with van der Waals surface area (Å²) in [6.07, 6.45) is 0.856. The second-order valence-corrected chi connectivity index (χ2v) is 9.59. The van der Waals surface area contributed by atoms with Gasteiger partial charge in [0, 0.05) is 12.6 Å². The molecular formula is C24H22F2N2O3S. The maximum atomic E-state index is 14.0. The van der Waals surface area contributed by atoms with Crippen LogP contribution in [-0.4, -0.2) is 25.2 Å². The maximum Gasteiger partial charge on any atom is 0.243 e. The highest BCUT2D eigenvalue weighted by molar-refractivity contribution is 7.89. The van der Waals surface area contributed by atoms with Gasteiger partial charge in [0.15, 0.2) is 0 Å². The molecule has 0 bridgehead atoms. The second-order valence-electron chi connectivity index (χ2n) is 7.70. The molecule has 3 aromatic carbocycles. The lowest BCUT2D eigenvalue weighted by atomic mass is 9.90. The number of rotatable bonds is 5. The summed E-state index contributed by atoms with van der Waals surface area (Å²) in [5, 5.41) is 2.47. The summed E-state index contributed by atoms with van der Waals surface area (Å²) in [4.78, 5) is 13.0. The Labute approximate surface area is 185 Å². The third kappa shape index (κ3) is 4.56. The van der Waals surface area contributed by atoms with Crippen molar-refractivity contribution in [1.29, 1.82) is 0 Å². The summed E-state index contributed by atoms with van der Waals surface area (Å²) in [7, 11) is -3.88. The Morgan fingerprint density at radius 1 is 0.906 bits per heavy atom. The van der Waals surface area contributed by atoms with Crippen LogP contribution in [0.3, 0.4) is 0 Å². The first-order valence-electron chi connectivity index (χ1n) is 10.2. The van der Waals surface area contributed by atoms with Gasteiger partial charge in [-0.3, -0.25) is 4.79 Å². The van der Waals surface area contributed by atoms with Crippen LogP contribution in [0.15, 0.2) is 83.8 Å². The molecule has 0 aliphatic carbocycles. The van der Waals surface area contributed by atoms with Crippen molar-refractivity contribution in [3.63, 3.8) is 0 Å². The van der Waals surface area contributed by atoms with Crippen LogP contribution in [0.1, 0.15) is 24.4 Å². The summed E-state index contributed by atoms with van der Waals surface area (Å²) >= 11 is 0. The van der Waals surface area contributed by atoms with Crippen LogP contribution >= 0.6 is 0 Å². The van der Waals surface area contributed by atoms with E-state index < -0.39 is 39.5 Å². The van der Waals surface area contributed by atoms with E-state index in [9.17, 15) is 22.0 Å². The van der Waals surface area contributed by atoms with Gasteiger partial charge in [-0.1, -0.05) is 48.5 Å². The number of amides is 1. The van der Waals surface area contributed by atoms with Crippen LogP contribution in [0.5, 0.6) is 0 Å². The van der Waals surface area contributed by atoms with Crippen LogP contribution in [0, 0.1) is 17.6 Å². The maximum absolute atomic E-state index is 14.0. The first-order valence-corrected chi connectivity index (χ1v) is 11.7. The van der Waals surface area contributed by atoms with E-state index in [0.717, 1.165) is 17.7 Å². The van der Waals surface area contributed by atoms with Crippen molar-refractivity contribution < 1.29 is 22.0 Å². The molecular weight excluding hydrogens is 434 g/mol. The predicted octanol–water partition coefficient (Wildman–Crippen LogP) is 4.75. The van der Waals surface area contributed by atoms with Crippen LogP contribution in [0.4, 0.5) is 14.5 Å². The summed E-state index contributed by atoms with van der Waals surface area (Å²) in [5.41, 5.74) is 0.703. The molecule has 2 unspecified atom stereocenters. The van der Waals surface area contributed by atoms with Gasteiger partial charge in [0.25, 0.3) is 0 Å². The molecule has 1 aliphatic heterocycles. The molecule has 1 N–H and O–H groups in total. The van der Waals surface area contributed by atoms with E-state index in [1.165, 1.54) is 16.4 Å². The zero-order valence-corrected chi connectivity index (χ0v) is 17.9. The third-order valence-corrected chi connectivity index (χ3v) is 7.52. The number of anilines is 1. The highest BCUT2D eigenvalue weighted by Gasteiger charge is 2.40. The molecule has 1 heterocycles. The number of hydrogen-bond donors (Lipinski definition) is 1. The van der Waals surface area contributed by atoms with Crippen molar-refractivity contribution in [1.82, 2.24) is 4.31 Å². The SMILES string of the molecule is O=C(Nc1ccc(F)cc1F)C1CCC(c2ccccc2)N(S(=O)(=O)c2ccccc2)C1. The van der Waals surface area contributed by atoms with Gasteiger partial charge in [-0.25, -0.2) is 17.2 Å². The van der Waals surface area contributed by atoms with Gasteiger partial charge in [-0.05, 0) is 42.7 Å². The number of nitrogens with zero attached hydrogens (tertiary/aromatic N) is 1. The van der Waals surface area contributed by atoms with Gasteiger partial charge in [-0.2, -0.15) is 4.31 Å². The summed E-state index contributed by atoms with van der Waals surface area (Å²) in [5.74, 6) is -2.82. The largest absolute Gasteiger partial charge is 0.323 e. The number of carbonyl (C=O) groups excluding carboxylic acids is 1. The van der Waals surface area contributed by atoms with Crippen LogP contribution in [-0.2, 0) is 14.8 Å². The van der Waals surface area contributed by atoms with Gasteiger partial charge < -0.3 is 5.32 Å². The molecule has 1 fully saturated rings. The Bertz CT molecular complexity index is 1200. The molecule has 4 rings (SSSR count). The monoisotopic (exact) mass is 456 g/mol. The van der Waals surface area contributed by atoms with Crippen molar-refractivity contribution in [2.24, 2.45) is 5.92 Å². The van der Waals surface area contributed by atoms with Crippen molar-refractivity contribution in [2.45, 2.75) is 23.8 Å². The van der Waals surface area contributed by atoms with E-state index in [0.29, 0.717) is 18.9 Å². The predicted molar refractivity (Wildman–Crippen MR) is 117 cm³/mol. The smallest absolute Gasteiger partial charge is 0.243 e. The van der Waals surface area contributed by atoms with Crippen molar-refractivity contribution in [3.05, 3.63) is 96.1 Å². The minimum Gasteiger partial charge on any atom is -0.323 e. The fourth-order valence-electron chi connectivity index (χ4n) is 3.98. The first kappa shape index (κ1) is 22.1. The van der Waals surface area contributed by atoms with E-state index in [-0.39, 0.29) is 17.1 Å². The molecule has 3 aromatic rings. The number of halogens is 2. The number of piperidine rings is 1. The third-order valence-electron chi connectivity index (χ3n) is 5.63. The minimum absolute atomic E-state index is 0.0502. The first-order chi connectivity index (χ1) is 15.4. The lowest BCUT2D eigenvalue weighted by Crippen LogP contribution is -2.45. The highest BCUT2D eigenvalue weighted by atomic mass is 32.2. The second kappa shape index (κ2) is 9.18. The van der Waals surface area contributed by atoms with E-state index in [2.05, 4.69) is 5.32 Å². The highest BCUT2D eigenvalue weighted by Crippen LogP contribution is 2.38. The summed E-state index contributed by atoms with van der Waals surface area (Å²) in [6, 6.07) is 19.8. The summed E-state index contributed by atoms with van der Waals surface area (Å²) in [6.45, 7) is -0.0502. The Kier molecular flexibility index (Phi) is 6.34. The number of carbonyl (C=O) groups is 1. The normalized spacial score (nSPS) is 19.4. The molecule has 0 saturated carbocycles. The van der Waals surface area contributed by atoms with Crippen molar-refractivity contribution >= 4 is 21.6 Å². The average molecular weight is 457 g/mol. The zero-order valence-electron chi connectivity index (χ0n) is 17.1. The van der Waals surface area contributed by atoms with Crippen molar-refractivity contribution in [3.8, 4) is 0 Å². The molecule has 0 spiro atoms. The van der Waals surface area contributed by atoms with E-state index in [1.54, 1.807) is 18.2 Å². The molecule has 0 aromatic heterocycles. The lowest BCUT2D eigenvalue weighted by Gasteiger charge is -2.38. The Morgan fingerprint density at radius 3 is 2.22 bits per heavy atom. The molecule has 2 atom stereocenters. The fraction of sp³-hybridized carbons (Fsp3) is 0.208. The zero-order chi connectivity index (χ0) is 22.7. The van der Waals surface area contributed by atoms with Gasteiger partial charge in [0.2, 0.25) is 15.9 Å². The molecule has 32 heavy (non-hydrogen) atoms. The number of sulfonamides is 1. The Morgan fingerprint density at radius 2 is 1.56 bits per heavy atom. The standard InChI is InChI=1S/C24H22F2N2O3S/c25-19-12-13-22(21(26)15-19)27-24(29)18-11-14-23(17-7-3-1-4-8-17)28(16-18)32(30,31)20-9-5-2-6-10-20/h1-10,12-13,15,18,23H,11,14,16H2,(H,27,29). The molecule has 1 aliphatic rings. The molecule has 1 saturated heterocycles. The Hall–Kier alpha value is -3.10. The van der Waals surface area contributed by atoms with Gasteiger partial charge in [0.05, 0.1) is 22.5 Å². The minimum atomic E-state index is -3.88. The van der Waals surface area contributed by atoms with E-state index in [1.807, 2.05) is 30.3 Å². The van der Waals surface area contributed by atoms with Gasteiger partial charge in [-0.15, -0.1) is 0 Å². The topological polar surface area (TPSA) is 66.5 Å². The molecule has 8 heteroatoms. The van der Waals surface area contributed by atoms with E-state index >= 15 is 0 Å². The summed E-state index contributed by atoms with van der Waals surface area (Å²) < 4.78 is 55.5. The molecule has 1 amide bonds. The molecule has 0 radical (unpaired) electrons. The number of nitrogens with one attached hydrogen (secondary N) is 1. The lowest BCUT2D eigenvalue weighted by molar-refractivity contribution is -0.121. The van der Waals surface area contributed by atoms with Crippen LogP contribution in [0.2, 0.25) is 0 Å². The number of benzene rings is 3. The van der Waals surface area contributed by atoms with Crippen molar-refractivity contribution in [2.75, 3.05) is 11.9 Å². The Balaban J connectivity index is 1.63. The molecule has 166 valence electrons. The fourth-order valence-corrected chi connectivity index (χ4v) is 5.69. The van der Waals surface area contributed by atoms with Crippen LogP contribution in [0.25, 0.3) is 0 Å². The van der Waals surface area contributed by atoms with E-state index in [4.69, 9.17) is 0 Å². The number of hydrogen-bond acceptors (Lipinski definition) is 3. The quantitative estimate of drug-likeness (QED) is 0.603.